The third-order valence-corrected chi connectivity index (χ3v) is 9.05. The summed E-state index contributed by atoms with van der Waals surface area (Å²) in [4.78, 5) is 22.5. The summed E-state index contributed by atoms with van der Waals surface area (Å²) in [5, 5.41) is 0. The fourth-order valence-corrected chi connectivity index (χ4v) is 5.74. The Kier molecular flexibility index (Phi) is 42.1. The lowest BCUT2D eigenvalue weighted by Gasteiger charge is -2.20. The van der Waals surface area contributed by atoms with Crippen molar-refractivity contribution in [2.24, 2.45) is 5.73 Å². The number of nitrogens with two attached hydrogens (primary N) is 1. The van der Waals surface area contributed by atoms with Crippen molar-refractivity contribution in [1.82, 2.24) is 0 Å². The predicted molar refractivity (Wildman–Crippen MR) is 246 cm³/mol. The number of hydrogen-bond donors (Lipinski definition) is 2. The molecule has 3 N–H and O–H groups in total. The summed E-state index contributed by atoms with van der Waals surface area (Å²) in [5.41, 5.74) is 5.36. The monoisotopic (exact) mass is 824 g/mol. The van der Waals surface area contributed by atoms with Crippen molar-refractivity contribution < 1.29 is 32.8 Å². The lowest BCUT2D eigenvalue weighted by molar-refractivity contribution is -0.154. The molecule has 0 bridgehead atoms. The number of unbranched alkanes of at least 4 members (excludes halogenated alkanes) is 4. The Labute approximate surface area is 353 Å². The average Bonchev–Trinajstić information content (AvgIpc) is 3.21. The second kappa shape index (κ2) is 44.7. The van der Waals surface area contributed by atoms with Crippen molar-refractivity contribution in [1.29, 1.82) is 0 Å². The highest BCUT2D eigenvalue weighted by atomic mass is 31.2. The smallest absolute Gasteiger partial charge is 0.457 e. The van der Waals surface area contributed by atoms with Crippen LogP contribution in [0.1, 0.15) is 129 Å². The fraction of sp³-hybridized carbons (Fsp3) is 0.531. The molecule has 58 heavy (non-hydrogen) atoms. The quantitative estimate of drug-likeness (QED) is 0.0272. The van der Waals surface area contributed by atoms with Gasteiger partial charge in [-0.1, -0.05) is 154 Å². The molecule has 2 unspecified atom stereocenters. The molecule has 0 radical (unpaired) electrons. The van der Waals surface area contributed by atoms with Crippen LogP contribution >= 0.6 is 7.82 Å². The van der Waals surface area contributed by atoms with Gasteiger partial charge in [0.05, 0.1) is 19.8 Å². The van der Waals surface area contributed by atoms with E-state index in [0.29, 0.717) is 13.0 Å². The van der Waals surface area contributed by atoms with Crippen molar-refractivity contribution >= 4 is 13.8 Å². The van der Waals surface area contributed by atoms with Gasteiger partial charge in [0, 0.05) is 19.6 Å². The number of phosphoric ester groups is 1. The van der Waals surface area contributed by atoms with Gasteiger partial charge in [-0.15, -0.1) is 0 Å². The molecule has 0 rings (SSSR count). The van der Waals surface area contributed by atoms with E-state index in [9.17, 15) is 14.3 Å². The first-order valence-corrected chi connectivity index (χ1v) is 23.2. The van der Waals surface area contributed by atoms with Gasteiger partial charge in [0.1, 0.15) is 6.10 Å². The lowest BCUT2D eigenvalue weighted by Crippen LogP contribution is -2.28. The zero-order valence-corrected chi connectivity index (χ0v) is 36.9. The van der Waals surface area contributed by atoms with E-state index < -0.39 is 19.9 Å². The van der Waals surface area contributed by atoms with Crippen LogP contribution < -0.4 is 5.73 Å². The summed E-state index contributed by atoms with van der Waals surface area (Å²) in [6.07, 6.45) is 63.4. The van der Waals surface area contributed by atoms with Crippen LogP contribution in [0.3, 0.4) is 0 Å². The molecule has 0 aliphatic rings. The van der Waals surface area contributed by atoms with Crippen molar-refractivity contribution in [3.05, 3.63) is 134 Å². The Bertz CT molecular complexity index is 1340. The van der Waals surface area contributed by atoms with Gasteiger partial charge in [-0.05, 0) is 103 Å². The highest BCUT2D eigenvalue weighted by Crippen LogP contribution is 2.43. The van der Waals surface area contributed by atoms with Gasteiger partial charge in [-0.2, -0.15) is 0 Å². The van der Waals surface area contributed by atoms with Gasteiger partial charge in [-0.25, -0.2) is 4.57 Å². The Morgan fingerprint density at radius 2 is 0.914 bits per heavy atom. The summed E-state index contributed by atoms with van der Waals surface area (Å²) in [5.74, 6) is -0.406. The maximum absolute atomic E-state index is 12.6. The van der Waals surface area contributed by atoms with E-state index in [4.69, 9.17) is 24.3 Å². The molecule has 0 aromatic carbocycles. The number of carbonyl (C=O) groups is 1. The van der Waals surface area contributed by atoms with Crippen LogP contribution in [-0.4, -0.2) is 49.9 Å². The fourth-order valence-electron chi connectivity index (χ4n) is 4.97. The molecule has 2 atom stereocenters. The highest BCUT2D eigenvalue weighted by Gasteiger charge is 2.25. The van der Waals surface area contributed by atoms with Crippen LogP contribution in [0.5, 0.6) is 0 Å². The Morgan fingerprint density at radius 1 is 0.517 bits per heavy atom. The predicted octanol–water partition coefficient (Wildman–Crippen LogP) is 13.2. The molecule has 0 spiro atoms. The molecule has 0 aromatic heterocycles. The van der Waals surface area contributed by atoms with Gasteiger partial charge in [-0.3, -0.25) is 13.8 Å². The SMILES string of the molecule is CC/C=C\C/C=C\C/C=C\C/C=C\C/C=C\C/C=C\C/C=C\CCCC(=O)OC(COCCCCC/C=C\C/C=C\C/C=C\C/C=C\CC)COP(=O)(O)OCCN. The standard InChI is InChI=1S/C49H78NO7P/c1-3-5-7-9-11-13-15-17-19-21-22-23-24-25-26-27-28-30-32-34-36-38-40-42-49(51)57-48(47-56-58(52,53)55-45-43-50)46-54-44-41-39-37-35-33-31-29-20-18-16-14-12-10-8-6-4-2/h5-8,11-14,17-20,22-23,25-26,28,30-31,33-34,36,48H,3-4,9-10,15-16,21,24,27,29,32,35,37-47,50H2,1-2H3,(H,52,53)/b7-5-,8-6-,13-11-,14-12-,19-17-,20-18-,23-22-,26-25-,30-28-,33-31-,36-34-. The Balaban J connectivity index is 4.25. The largest absolute Gasteiger partial charge is 0.472 e. The number of hydrogen-bond acceptors (Lipinski definition) is 7. The van der Waals surface area contributed by atoms with E-state index in [1.54, 1.807) is 0 Å². The molecule has 0 aliphatic carbocycles. The molecule has 326 valence electrons. The number of esters is 1. The van der Waals surface area contributed by atoms with E-state index >= 15 is 0 Å². The second-order valence-electron chi connectivity index (χ2n) is 13.4. The summed E-state index contributed by atoms with van der Waals surface area (Å²) < 4.78 is 33.3. The van der Waals surface area contributed by atoms with Crippen molar-refractivity contribution in [2.45, 2.75) is 136 Å². The number of allylic oxidation sites excluding steroid dienone is 22. The highest BCUT2D eigenvalue weighted by molar-refractivity contribution is 7.47. The van der Waals surface area contributed by atoms with Crippen LogP contribution in [0.4, 0.5) is 0 Å². The van der Waals surface area contributed by atoms with E-state index in [0.717, 1.165) is 103 Å². The van der Waals surface area contributed by atoms with Crippen LogP contribution in [-0.2, 0) is 27.9 Å². The molecule has 0 aliphatic heterocycles. The van der Waals surface area contributed by atoms with Crippen LogP contribution in [0.25, 0.3) is 0 Å². The van der Waals surface area contributed by atoms with Crippen molar-refractivity contribution in [3.8, 4) is 0 Å². The second-order valence-corrected chi connectivity index (χ2v) is 14.9. The summed E-state index contributed by atoms with van der Waals surface area (Å²) >= 11 is 0. The molecule has 0 heterocycles. The maximum atomic E-state index is 12.6. The third-order valence-electron chi connectivity index (χ3n) is 8.06. The molecule has 0 fully saturated rings. The molecule has 0 saturated carbocycles. The number of rotatable bonds is 39. The van der Waals surface area contributed by atoms with Gasteiger partial charge < -0.3 is 20.1 Å². The summed E-state index contributed by atoms with van der Waals surface area (Å²) in [6, 6.07) is 0. The third kappa shape index (κ3) is 43.8. The van der Waals surface area contributed by atoms with Crippen LogP contribution in [0, 0.1) is 0 Å². The van der Waals surface area contributed by atoms with E-state index in [1.807, 2.05) is 0 Å². The summed E-state index contributed by atoms with van der Waals surface area (Å²) in [6.45, 7) is 4.48. The normalized spacial score (nSPS) is 14.8. The number of carbonyl (C=O) groups excluding carboxylic acids is 1. The van der Waals surface area contributed by atoms with Gasteiger partial charge >= 0.3 is 13.8 Å². The minimum atomic E-state index is -4.31. The first-order valence-electron chi connectivity index (χ1n) is 21.7. The summed E-state index contributed by atoms with van der Waals surface area (Å²) in [7, 11) is -4.31. The zero-order chi connectivity index (χ0) is 42.3. The first kappa shape index (κ1) is 54.6. The molecular weight excluding hydrogens is 746 g/mol. The van der Waals surface area contributed by atoms with E-state index in [1.165, 1.54) is 0 Å². The zero-order valence-electron chi connectivity index (χ0n) is 36.0. The van der Waals surface area contributed by atoms with Gasteiger partial charge in [0.25, 0.3) is 0 Å². The number of ether oxygens (including phenoxy) is 2. The topological polar surface area (TPSA) is 117 Å². The first-order chi connectivity index (χ1) is 28.4. The van der Waals surface area contributed by atoms with Crippen molar-refractivity contribution in [2.75, 3.05) is 33.0 Å². The lowest BCUT2D eigenvalue weighted by atomic mass is 10.2. The van der Waals surface area contributed by atoms with Gasteiger partial charge in [0.2, 0.25) is 0 Å². The minimum Gasteiger partial charge on any atom is -0.457 e. The molecule has 0 saturated heterocycles. The van der Waals surface area contributed by atoms with E-state index in [2.05, 4.69) is 148 Å². The minimum absolute atomic E-state index is 0.0609. The Morgan fingerprint density at radius 3 is 1.33 bits per heavy atom. The van der Waals surface area contributed by atoms with E-state index in [-0.39, 0.29) is 32.8 Å². The Hall–Kier alpha value is -3.36. The van der Waals surface area contributed by atoms with Crippen LogP contribution in [0.15, 0.2) is 134 Å². The molecule has 8 nitrogen and oxygen atoms in total. The van der Waals surface area contributed by atoms with Crippen LogP contribution in [0.2, 0.25) is 0 Å². The maximum Gasteiger partial charge on any atom is 0.472 e. The molecular formula is C49H78NO7P. The molecule has 9 heteroatoms. The molecule has 0 amide bonds. The molecule has 0 aromatic rings. The average molecular weight is 824 g/mol. The van der Waals surface area contributed by atoms with Gasteiger partial charge in [0.15, 0.2) is 0 Å². The van der Waals surface area contributed by atoms with Crippen molar-refractivity contribution in [3.63, 3.8) is 0 Å². The number of phosphoric acid groups is 1.